The zero-order valence-corrected chi connectivity index (χ0v) is 9.07. The fourth-order valence-electron chi connectivity index (χ4n) is 1.34. The van der Waals surface area contributed by atoms with Gasteiger partial charge in [0.2, 0.25) is 0 Å². The minimum absolute atomic E-state index is 0.260. The molecule has 0 spiro atoms. The molecule has 0 fully saturated rings. The standard InChI is InChI=1S/C9H11F2N5O/c1-5-6-7(13-3-9(10,11)2-12)14-4-15-8(6)17-16-5/h4H,2-3,12H2,1H3,(H,13,14,15). The summed E-state index contributed by atoms with van der Waals surface area (Å²) in [6, 6.07) is 0. The number of anilines is 1. The number of rotatable bonds is 4. The zero-order valence-electron chi connectivity index (χ0n) is 9.07. The zero-order chi connectivity index (χ0) is 12.5. The lowest BCUT2D eigenvalue weighted by Gasteiger charge is -2.14. The van der Waals surface area contributed by atoms with Gasteiger partial charge in [0, 0.05) is 0 Å². The number of alkyl halides is 2. The number of aromatic nitrogens is 3. The quantitative estimate of drug-likeness (QED) is 0.830. The number of nitrogens with one attached hydrogen (secondary N) is 1. The van der Waals surface area contributed by atoms with Crippen LogP contribution < -0.4 is 11.1 Å². The first-order valence-electron chi connectivity index (χ1n) is 4.92. The molecule has 2 aromatic rings. The lowest BCUT2D eigenvalue weighted by molar-refractivity contribution is 0.0253. The van der Waals surface area contributed by atoms with Gasteiger partial charge in [0.25, 0.3) is 11.6 Å². The average Bonchev–Trinajstić information content (AvgIpc) is 2.70. The van der Waals surface area contributed by atoms with E-state index < -0.39 is 19.0 Å². The third-order valence-corrected chi connectivity index (χ3v) is 2.26. The molecule has 0 aromatic carbocycles. The number of fused-ring (bicyclic) bond motifs is 1. The summed E-state index contributed by atoms with van der Waals surface area (Å²) < 4.78 is 30.9. The summed E-state index contributed by atoms with van der Waals surface area (Å²) >= 11 is 0. The third-order valence-electron chi connectivity index (χ3n) is 2.26. The topological polar surface area (TPSA) is 89.9 Å². The van der Waals surface area contributed by atoms with E-state index in [-0.39, 0.29) is 11.5 Å². The number of nitrogens with two attached hydrogens (primary N) is 1. The van der Waals surface area contributed by atoms with Gasteiger partial charge in [-0.3, -0.25) is 0 Å². The molecular weight excluding hydrogens is 232 g/mol. The van der Waals surface area contributed by atoms with Crippen molar-refractivity contribution in [3.8, 4) is 0 Å². The largest absolute Gasteiger partial charge is 0.363 e. The third kappa shape index (κ3) is 2.31. The Balaban J connectivity index is 2.27. The van der Waals surface area contributed by atoms with Gasteiger partial charge >= 0.3 is 0 Å². The Morgan fingerprint density at radius 2 is 2.24 bits per heavy atom. The monoisotopic (exact) mass is 243 g/mol. The minimum atomic E-state index is -2.98. The molecule has 2 rings (SSSR count). The predicted molar refractivity (Wildman–Crippen MR) is 56.8 cm³/mol. The van der Waals surface area contributed by atoms with E-state index in [1.54, 1.807) is 6.92 Å². The fraction of sp³-hybridized carbons (Fsp3) is 0.444. The van der Waals surface area contributed by atoms with Crippen molar-refractivity contribution < 1.29 is 13.3 Å². The Hall–Kier alpha value is -1.83. The van der Waals surface area contributed by atoms with Crippen LogP contribution in [0.2, 0.25) is 0 Å². The van der Waals surface area contributed by atoms with Crippen LogP contribution in [0.4, 0.5) is 14.6 Å². The maximum Gasteiger partial charge on any atom is 0.276 e. The van der Waals surface area contributed by atoms with Gasteiger partial charge in [-0.1, -0.05) is 5.16 Å². The molecule has 0 aliphatic rings. The van der Waals surface area contributed by atoms with Gasteiger partial charge in [-0.05, 0) is 6.92 Å². The summed E-state index contributed by atoms with van der Waals surface area (Å²) in [6.07, 6.45) is 1.22. The summed E-state index contributed by atoms with van der Waals surface area (Å²) in [5.41, 5.74) is 5.74. The lowest BCUT2D eigenvalue weighted by atomic mass is 10.3. The van der Waals surface area contributed by atoms with Crippen molar-refractivity contribution in [2.45, 2.75) is 12.8 Å². The van der Waals surface area contributed by atoms with Crippen molar-refractivity contribution in [1.82, 2.24) is 15.1 Å². The van der Waals surface area contributed by atoms with Crippen LogP contribution in [0.3, 0.4) is 0 Å². The second-order valence-electron chi connectivity index (χ2n) is 3.58. The van der Waals surface area contributed by atoms with Gasteiger partial charge in [0.1, 0.15) is 17.5 Å². The van der Waals surface area contributed by atoms with E-state index in [4.69, 9.17) is 10.3 Å². The van der Waals surface area contributed by atoms with E-state index in [0.717, 1.165) is 0 Å². The van der Waals surface area contributed by atoms with Crippen molar-refractivity contribution in [1.29, 1.82) is 0 Å². The summed E-state index contributed by atoms with van der Waals surface area (Å²) in [6.45, 7) is 0.360. The molecule has 0 amide bonds. The summed E-state index contributed by atoms with van der Waals surface area (Å²) in [5, 5.41) is 6.72. The Kier molecular flexibility index (Phi) is 2.88. The van der Waals surface area contributed by atoms with Gasteiger partial charge in [-0.15, -0.1) is 0 Å². The molecule has 0 aliphatic heterocycles. The van der Waals surface area contributed by atoms with Gasteiger partial charge < -0.3 is 15.6 Å². The van der Waals surface area contributed by atoms with Crippen LogP contribution in [-0.2, 0) is 0 Å². The molecule has 92 valence electrons. The van der Waals surface area contributed by atoms with E-state index in [9.17, 15) is 8.78 Å². The molecule has 0 radical (unpaired) electrons. The van der Waals surface area contributed by atoms with E-state index in [1.165, 1.54) is 6.33 Å². The highest BCUT2D eigenvalue weighted by atomic mass is 19.3. The second-order valence-corrected chi connectivity index (χ2v) is 3.58. The van der Waals surface area contributed by atoms with Gasteiger partial charge in [0.15, 0.2) is 0 Å². The molecule has 6 nitrogen and oxygen atoms in total. The SMILES string of the molecule is Cc1noc2ncnc(NCC(F)(F)CN)c12. The minimum Gasteiger partial charge on any atom is -0.363 e. The van der Waals surface area contributed by atoms with Crippen molar-refractivity contribution in [2.24, 2.45) is 5.73 Å². The van der Waals surface area contributed by atoms with Crippen molar-refractivity contribution in [3.05, 3.63) is 12.0 Å². The molecule has 8 heteroatoms. The first-order valence-corrected chi connectivity index (χ1v) is 4.92. The van der Waals surface area contributed by atoms with Crippen LogP contribution in [-0.4, -0.2) is 34.1 Å². The summed E-state index contributed by atoms with van der Waals surface area (Å²) in [7, 11) is 0. The van der Waals surface area contributed by atoms with Crippen molar-refractivity contribution >= 4 is 16.9 Å². The Morgan fingerprint density at radius 3 is 2.94 bits per heavy atom. The van der Waals surface area contributed by atoms with E-state index >= 15 is 0 Å². The molecule has 17 heavy (non-hydrogen) atoms. The first-order chi connectivity index (χ1) is 8.03. The lowest BCUT2D eigenvalue weighted by Crippen LogP contribution is -2.35. The first kappa shape index (κ1) is 11.6. The number of hydrogen-bond donors (Lipinski definition) is 2. The Morgan fingerprint density at radius 1 is 1.47 bits per heavy atom. The molecule has 0 saturated carbocycles. The smallest absolute Gasteiger partial charge is 0.276 e. The highest BCUT2D eigenvalue weighted by Gasteiger charge is 2.27. The van der Waals surface area contributed by atoms with Crippen LogP contribution in [0.15, 0.2) is 10.9 Å². The molecule has 0 saturated heterocycles. The van der Waals surface area contributed by atoms with E-state index in [0.29, 0.717) is 11.1 Å². The molecule has 0 atom stereocenters. The number of aryl methyl sites for hydroxylation is 1. The van der Waals surface area contributed by atoms with Crippen LogP contribution in [0, 0.1) is 6.92 Å². The van der Waals surface area contributed by atoms with E-state index in [1.807, 2.05) is 0 Å². The fourth-order valence-corrected chi connectivity index (χ4v) is 1.34. The summed E-state index contributed by atoms with van der Waals surface area (Å²) in [4.78, 5) is 7.72. The molecule has 2 aromatic heterocycles. The van der Waals surface area contributed by atoms with Crippen molar-refractivity contribution in [2.75, 3.05) is 18.4 Å². The normalized spacial score (nSPS) is 12.0. The Labute approximate surface area is 95.2 Å². The number of halogens is 2. The van der Waals surface area contributed by atoms with Gasteiger partial charge in [-0.25, -0.2) is 13.8 Å². The van der Waals surface area contributed by atoms with Gasteiger partial charge in [-0.2, -0.15) is 4.98 Å². The maximum absolute atomic E-state index is 13.0. The summed E-state index contributed by atoms with van der Waals surface area (Å²) in [5.74, 6) is -2.72. The maximum atomic E-state index is 13.0. The molecule has 0 unspecified atom stereocenters. The second kappa shape index (κ2) is 4.21. The highest BCUT2D eigenvalue weighted by Crippen LogP contribution is 2.23. The molecule has 2 heterocycles. The van der Waals surface area contributed by atoms with Crippen LogP contribution in [0.5, 0.6) is 0 Å². The predicted octanol–water partition coefficient (Wildman–Crippen LogP) is 0.932. The highest BCUT2D eigenvalue weighted by molar-refractivity contribution is 5.87. The Bertz CT molecular complexity index is 527. The average molecular weight is 243 g/mol. The molecule has 0 aliphatic carbocycles. The van der Waals surface area contributed by atoms with Crippen molar-refractivity contribution in [3.63, 3.8) is 0 Å². The number of hydrogen-bond acceptors (Lipinski definition) is 6. The van der Waals surface area contributed by atoms with Crippen LogP contribution in [0.25, 0.3) is 11.1 Å². The van der Waals surface area contributed by atoms with Crippen LogP contribution in [0.1, 0.15) is 5.69 Å². The van der Waals surface area contributed by atoms with Gasteiger partial charge in [0.05, 0.1) is 18.8 Å². The number of nitrogens with zero attached hydrogens (tertiary/aromatic N) is 3. The molecule has 0 bridgehead atoms. The van der Waals surface area contributed by atoms with Crippen LogP contribution >= 0.6 is 0 Å². The molecular formula is C9H11F2N5O. The molecule has 3 N–H and O–H groups in total. The van der Waals surface area contributed by atoms with E-state index in [2.05, 4.69) is 20.4 Å².